The summed E-state index contributed by atoms with van der Waals surface area (Å²) in [6.45, 7) is 3.74. The molecule has 0 aliphatic heterocycles. The summed E-state index contributed by atoms with van der Waals surface area (Å²) in [5, 5.41) is 3.35. The summed E-state index contributed by atoms with van der Waals surface area (Å²) in [7, 11) is 0. The van der Waals surface area contributed by atoms with Crippen molar-refractivity contribution in [2.24, 2.45) is 0 Å². The summed E-state index contributed by atoms with van der Waals surface area (Å²) in [6.07, 6.45) is 2.44. The second-order valence-electron chi connectivity index (χ2n) is 3.55. The summed E-state index contributed by atoms with van der Waals surface area (Å²) in [5.41, 5.74) is 2.39. The van der Waals surface area contributed by atoms with Crippen molar-refractivity contribution in [2.75, 3.05) is 5.32 Å². The van der Waals surface area contributed by atoms with Crippen molar-refractivity contribution in [1.82, 2.24) is 9.97 Å². The molecule has 2 N–H and O–H groups in total. The molecule has 1 aliphatic carbocycles. The van der Waals surface area contributed by atoms with Crippen LogP contribution in [0.15, 0.2) is 4.79 Å². The summed E-state index contributed by atoms with van der Waals surface area (Å²) >= 11 is 0. The van der Waals surface area contributed by atoms with Gasteiger partial charge in [0.05, 0.1) is 11.4 Å². The molecule has 70 valence electrons. The minimum absolute atomic E-state index is 0.267. The molecule has 4 heteroatoms. The number of aryl methyl sites for hydroxylation is 2. The molecule has 4 nitrogen and oxygen atoms in total. The predicted molar refractivity (Wildman–Crippen MR) is 51.0 cm³/mol. The van der Waals surface area contributed by atoms with E-state index in [0.717, 1.165) is 17.1 Å². The van der Waals surface area contributed by atoms with Gasteiger partial charge in [0, 0.05) is 11.7 Å². The Bertz CT molecular complexity index is 353. The van der Waals surface area contributed by atoms with E-state index in [1.54, 1.807) is 0 Å². The van der Waals surface area contributed by atoms with Crippen molar-refractivity contribution in [3.8, 4) is 0 Å². The van der Waals surface area contributed by atoms with Gasteiger partial charge >= 0.3 is 5.69 Å². The van der Waals surface area contributed by atoms with Gasteiger partial charge in [-0.2, -0.15) is 4.98 Å². The van der Waals surface area contributed by atoms with Crippen molar-refractivity contribution in [3.63, 3.8) is 0 Å². The van der Waals surface area contributed by atoms with Crippen LogP contribution in [0.25, 0.3) is 0 Å². The highest BCUT2D eigenvalue weighted by molar-refractivity contribution is 5.52. The van der Waals surface area contributed by atoms with Gasteiger partial charge in [0.1, 0.15) is 0 Å². The second kappa shape index (κ2) is 2.87. The van der Waals surface area contributed by atoms with Crippen molar-refractivity contribution >= 4 is 5.69 Å². The van der Waals surface area contributed by atoms with E-state index in [0.29, 0.717) is 6.04 Å². The molecular formula is C9H13N3O. The molecule has 0 aromatic carbocycles. The number of aromatic amines is 1. The Morgan fingerprint density at radius 3 is 2.69 bits per heavy atom. The van der Waals surface area contributed by atoms with E-state index in [2.05, 4.69) is 15.3 Å². The van der Waals surface area contributed by atoms with Crippen LogP contribution < -0.4 is 11.0 Å². The molecule has 0 bridgehead atoms. The van der Waals surface area contributed by atoms with E-state index in [-0.39, 0.29) is 5.69 Å². The van der Waals surface area contributed by atoms with Gasteiger partial charge in [-0.15, -0.1) is 0 Å². The Kier molecular flexibility index (Phi) is 1.83. The minimum Gasteiger partial charge on any atom is -0.379 e. The van der Waals surface area contributed by atoms with Crippen LogP contribution >= 0.6 is 0 Å². The lowest BCUT2D eigenvalue weighted by Crippen LogP contribution is -2.17. The molecule has 0 amide bonds. The van der Waals surface area contributed by atoms with Gasteiger partial charge < -0.3 is 10.3 Å². The number of aromatic nitrogens is 2. The normalized spacial score (nSPS) is 15.8. The third-order valence-corrected chi connectivity index (χ3v) is 2.23. The van der Waals surface area contributed by atoms with Crippen molar-refractivity contribution in [2.45, 2.75) is 32.7 Å². The Balaban J connectivity index is 2.36. The number of hydrogen-bond acceptors (Lipinski definition) is 3. The maximum atomic E-state index is 11.0. The first kappa shape index (κ1) is 8.29. The average Bonchev–Trinajstić information content (AvgIpc) is 2.79. The van der Waals surface area contributed by atoms with Crippen LogP contribution in [0, 0.1) is 13.8 Å². The largest absolute Gasteiger partial charge is 0.379 e. The van der Waals surface area contributed by atoms with Gasteiger partial charge in [0.2, 0.25) is 0 Å². The topological polar surface area (TPSA) is 57.8 Å². The summed E-state index contributed by atoms with van der Waals surface area (Å²) in [4.78, 5) is 17.5. The predicted octanol–water partition coefficient (Wildman–Crippen LogP) is 0.961. The molecular weight excluding hydrogens is 166 g/mol. The molecule has 1 saturated carbocycles. The summed E-state index contributed by atoms with van der Waals surface area (Å²) < 4.78 is 0. The Morgan fingerprint density at radius 2 is 2.15 bits per heavy atom. The molecule has 1 aliphatic rings. The molecule has 1 fully saturated rings. The van der Waals surface area contributed by atoms with Gasteiger partial charge in [0.25, 0.3) is 0 Å². The number of H-pyrrole nitrogens is 1. The lowest BCUT2D eigenvalue weighted by molar-refractivity contribution is 0.972. The van der Waals surface area contributed by atoms with E-state index in [1.807, 2.05) is 13.8 Å². The first-order valence-electron chi connectivity index (χ1n) is 4.51. The molecule has 0 spiro atoms. The van der Waals surface area contributed by atoms with Crippen LogP contribution in [0.5, 0.6) is 0 Å². The first-order valence-corrected chi connectivity index (χ1v) is 4.51. The maximum Gasteiger partial charge on any atom is 0.345 e. The lowest BCUT2D eigenvalue weighted by Gasteiger charge is -2.09. The fourth-order valence-corrected chi connectivity index (χ4v) is 1.37. The Hall–Kier alpha value is -1.32. The monoisotopic (exact) mass is 179 g/mol. The van der Waals surface area contributed by atoms with Crippen LogP contribution in [-0.2, 0) is 0 Å². The highest BCUT2D eigenvalue weighted by Gasteiger charge is 2.22. The van der Waals surface area contributed by atoms with Gasteiger partial charge in [0.15, 0.2) is 0 Å². The average molecular weight is 179 g/mol. The number of nitrogens with zero attached hydrogens (tertiary/aromatic N) is 1. The SMILES string of the molecule is Cc1nc(=O)[nH]c(C)c1NC1CC1. The van der Waals surface area contributed by atoms with Gasteiger partial charge in [-0.25, -0.2) is 4.79 Å². The highest BCUT2D eigenvalue weighted by Crippen LogP contribution is 2.26. The maximum absolute atomic E-state index is 11.0. The van der Waals surface area contributed by atoms with Gasteiger partial charge in [-0.05, 0) is 26.7 Å². The van der Waals surface area contributed by atoms with Crippen molar-refractivity contribution in [3.05, 3.63) is 21.9 Å². The van der Waals surface area contributed by atoms with E-state index in [1.165, 1.54) is 12.8 Å². The molecule has 1 heterocycles. The zero-order valence-electron chi connectivity index (χ0n) is 7.85. The molecule has 0 saturated heterocycles. The van der Waals surface area contributed by atoms with Crippen LogP contribution in [0.2, 0.25) is 0 Å². The van der Waals surface area contributed by atoms with Crippen LogP contribution in [-0.4, -0.2) is 16.0 Å². The van der Waals surface area contributed by atoms with E-state index >= 15 is 0 Å². The quantitative estimate of drug-likeness (QED) is 0.711. The smallest absolute Gasteiger partial charge is 0.345 e. The van der Waals surface area contributed by atoms with Crippen molar-refractivity contribution in [1.29, 1.82) is 0 Å². The number of rotatable bonds is 2. The Labute approximate surface area is 76.4 Å². The van der Waals surface area contributed by atoms with Crippen molar-refractivity contribution < 1.29 is 0 Å². The van der Waals surface area contributed by atoms with E-state index < -0.39 is 0 Å². The van der Waals surface area contributed by atoms with E-state index in [9.17, 15) is 4.79 Å². The molecule has 1 aromatic heterocycles. The lowest BCUT2D eigenvalue weighted by atomic mass is 10.3. The molecule has 1 aromatic rings. The standard InChI is InChI=1S/C9H13N3O/c1-5-8(12-7-3-4-7)6(2)11-9(13)10-5/h7,12H,3-4H2,1-2H3,(H,10,11,13). The fraction of sp³-hybridized carbons (Fsp3) is 0.556. The number of anilines is 1. The number of nitrogens with one attached hydrogen (secondary N) is 2. The zero-order valence-corrected chi connectivity index (χ0v) is 7.85. The first-order chi connectivity index (χ1) is 6.16. The zero-order chi connectivity index (χ0) is 9.42. The molecule has 0 unspecified atom stereocenters. The van der Waals surface area contributed by atoms with Gasteiger partial charge in [-0.1, -0.05) is 0 Å². The molecule has 0 atom stereocenters. The van der Waals surface area contributed by atoms with E-state index in [4.69, 9.17) is 0 Å². The Morgan fingerprint density at radius 1 is 1.46 bits per heavy atom. The fourth-order valence-electron chi connectivity index (χ4n) is 1.37. The third kappa shape index (κ3) is 1.71. The van der Waals surface area contributed by atoms with Crippen LogP contribution in [0.1, 0.15) is 24.2 Å². The molecule has 13 heavy (non-hydrogen) atoms. The number of hydrogen-bond donors (Lipinski definition) is 2. The molecule has 2 rings (SSSR count). The van der Waals surface area contributed by atoms with Gasteiger partial charge in [-0.3, -0.25) is 0 Å². The molecule has 0 radical (unpaired) electrons. The van der Waals surface area contributed by atoms with Crippen LogP contribution in [0.3, 0.4) is 0 Å². The minimum atomic E-state index is -0.267. The summed E-state index contributed by atoms with van der Waals surface area (Å²) in [6, 6.07) is 0.588. The highest BCUT2D eigenvalue weighted by atomic mass is 16.1. The van der Waals surface area contributed by atoms with Crippen LogP contribution in [0.4, 0.5) is 5.69 Å². The summed E-state index contributed by atoms with van der Waals surface area (Å²) in [5.74, 6) is 0. The second-order valence-corrected chi connectivity index (χ2v) is 3.55. The third-order valence-electron chi connectivity index (χ3n) is 2.23.